The van der Waals surface area contributed by atoms with Gasteiger partial charge in [-0.1, -0.05) is 19.0 Å². The minimum atomic E-state index is -3.14. The quantitative estimate of drug-likeness (QED) is 0.862. The number of sulfone groups is 1. The van der Waals surface area contributed by atoms with Gasteiger partial charge in [-0.05, 0) is 0 Å². The van der Waals surface area contributed by atoms with Crippen LogP contribution in [0.2, 0.25) is 0 Å². The summed E-state index contributed by atoms with van der Waals surface area (Å²) in [5.74, 6) is 0.651. The molecule has 16 heavy (non-hydrogen) atoms. The topological polar surface area (TPSA) is 99.1 Å². The van der Waals surface area contributed by atoms with Crippen LogP contribution in [-0.2, 0) is 9.84 Å². The predicted molar refractivity (Wildman–Crippen MR) is 62.3 cm³/mol. The molecule has 2 N–H and O–H groups in total. The van der Waals surface area contributed by atoms with E-state index in [1.165, 1.54) is 0 Å². The fourth-order valence-corrected chi connectivity index (χ4v) is 1.82. The van der Waals surface area contributed by atoms with Crippen LogP contribution in [0.3, 0.4) is 0 Å². The highest BCUT2D eigenvalue weighted by molar-refractivity contribution is 7.90. The monoisotopic (exact) mass is 269 g/mol. The van der Waals surface area contributed by atoms with Crippen LogP contribution in [-0.4, -0.2) is 30.6 Å². The van der Waals surface area contributed by atoms with Gasteiger partial charge in [-0.3, -0.25) is 0 Å². The molecule has 0 radical (unpaired) electrons. The largest absolute Gasteiger partial charge is 0.338 e. The third-order valence-electron chi connectivity index (χ3n) is 1.77. The van der Waals surface area contributed by atoms with Gasteiger partial charge in [-0.2, -0.15) is 4.98 Å². The molecule has 8 heteroatoms. The smallest absolute Gasteiger partial charge is 0.244 e. The second kappa shape index (κ2) is 5.60. The molecular weight excluding hydrogens is 254 g/mol. The van der Waals surface area contributed by atoms with Crippen LogP contribution < -0.4 is 5.73 Å². The summed E-state index contributed by atoms with van der Waals surface area (Å²) >= 11 is 0. The number of nitrogens with zero attached hydrogens (tertiary/aromatic N) is 2. The Kier molecular flexibility index (Phi) is 5.37. The molecule has 0 saturated heterocycles. The maximum Gasteiger partial charge on any atom is 0.244 e. The zero-order valence-corrected chi connectivity index (χ0v) is 11.0. The Labute approximate surface area is 101 Å². The molecule has 0 spiro atoms. The van der Waals surface area contributed by atoms with Gasteiger partial charge in [0.25, 0.3) is 0 Å². The number of rotatable bonds is 4. The average Bonchev–Trinajstić information content (AvgIpc) is 2.47. The Morgan fingerprint density at radius 1 is 1.44 bits per heavy atom. The lowest BCUT2D eigenvalue weighted by Crippen LogP contribution is -2.21. The van der Waals surface area contributed by atoms with Crippen LogP contribution in [0.25, 0.3) is 0 Å². The van der Waals surface area contributed by atoms with Crippen molar-refractivity contribution in [2.75, 3.05) is 12.0 Å². The zero-order valence-electron chi connectivity index (χ0n) is 9.37. The van der Waals surface area contributed by atoms with Gasteiger partial charge in [0.1, 0.15) is 9.84 Å². The van der Waals surface area contributed by atoms with Gasteiger partial charge >= 0.3 is 0 Å². The number of nitrogens with two attached hydrogens (primary N) is 1. The molecule has 0 aliphatic heterocycles. The second-order valence-corrected chi connectivity index (χ2v) is 6.03. The van der Waals surface area contributed by atoms with Crippen LogP contribution in [0.5, 0.6) is 0 Å². The average molecular weight is 270 g/mol. The van der Waals surface area contributed by atoms with Crippen LogP contribution in [0, 0.1) is 0 Å². The van der Waals surface area contributed by atoms with E-state index in [1.54, 1.807) is 0 Å². The molecule has 0 saturated carbocycles. The molecule has 0 bridgehead atoms. The van der Waals surface area contributed by atoms with E-state index < -0.39 is 15.9 Å². The van der Waals surface area contributed by atoms with E-state index >= 15 is 0 Å². The molecule has 1 atom stereocenters. The molecule has 6 nitrogen and oxygen atoms in total. The van der Waals surface area contributed by atoms with Crippen molar-refractivity contribution in [1.82, 2.24) is 10.1 Å². The molecule has 0 fully saturated rings. The molecule has 1 aromatic rings. The Morgan fingerprint density at radius 2 is 2.00 bits per heavy atom. The summed E-state index contributed by atoms with van der Waals surface area (Å²) in [5, 5.41) is 3.71. The summed E-state index contributed by atoms with van der Waals surface area (Å²) in [6.07, 6.45) is 1.12. The highest BCUT2D eigenvalue weighted by atomic mass is 35.5. The van der Waals surface area contributed by atoms with Gasteiger partial charge < -0.3 is 10.3 Å². The molecule has 0 aliphatic rings. The second-order valence-electron chi connectivity index (χ2n) is 3.84. The first-order chi connectivity index (χ1) is 6.79. The normalized spacial score (nSPS) is 13.6. The lowest BCUT2D eigenvalue weighted by Gasteiger charge is -2.03. The van der Waals surface area contributed by atoms with Crippen LogP contribution in [0.15, 0.2) is 4.52 Å². The Bertz CT molecular complexity index is 429. The van der Waals surface area contributed by atoms with E-state index in [-0.39, 0.29) is 30.0 Å². The predicted octanol–water partition coefficient (Wildman–Crippen LogP) is 0.659. The van der Waals surface area contributed by atoms with Crippen molar-refractivity contribution in [3.05, 3.63) is 11.7 Å². The van der Waals surface area contributed by atoms with Crippen LogP contribution >= 0.6 is 12.4 Å². The molecule has 94 valence electrons. The van der Waals surface area contributed by atoms with Crippen LogP contribution in [0.1, 0.15) is 37.5 Å². The van der Waals surface area contributed by atoms with E-state index in [9.17, 15) is 8.42 Å². The number of halogens is 1. The molecule has 0 aromatic carbocycles. The first-order valence-corrected chi connectivity index (χ1v) is 6.62. The van der Waals surface area contributed by atoms with Crippen molar-refractivity contribution in [3.63, 3.8) is 0 Å². The minimum absolute atomic E-state index is 0. The standard InChI is InChI=1S/C8H15N3O3S.ClH/c1-5(2)7-10-8(14-11-7)6(9)4-15(3,12)13;/h5-6H,4,9H2,1-3H3;1H. The molecule has 0 aliphatic carbocycles. The van der Waals surface area contributed by atoms with Gasteiger partial charge in [-0.15, -0.1) is 12.4 Å². The van der Waals surface area contributed by atoms with Gasteiger partial charge in [0, 0.05) is 12.2 Å². The molecule has 1 heterocycles. The van der Waals surface area contributed by atoms with Gasteiger partial charge in [0.05, 0.1) is 11.8 Å². The number of hydrogen-bond acceptors (Lipinski definition) is 6. The van der Waals surface area contributed by atoms with Gasteiger partial charge in [-0.25, -0.2) is 8.42 Å². The van der Waals surface area contributed by atoms with Crippen molar-refractivity contribution < 1.29 is 12.9 Å². The third-order valence-corrected chi connectivity index (χ3v) is 2.74. The van der Waals surface area contributed by atoms with Crippen molar-refractivity contribution in [3.8, 4) is 0 Å². The van der Waals surface area contributed by atoms with E-state index in [4.69, 9.17) is 10.3 Å². The molecule has 0 amide bonds. The molecule has 1 rings (SSSR count). The number of hydrogen-bond donors (Lipinski definition) is 1. The van der Waals surface area contributed by atoms with Gasteiger partial charge in [0.15, 0.2) is 5.82 Å². The minimum Gasteiger partial charge on any atom is -0.338 e. The van der Waals surface area contributed by atoms with Crippen molar-refractivity contribution in [2.45, 2.75) is 25.8 Å². The summed E-state index contributed by atoms with van der Waals surface area (Å²) in [4.78, 5) is 4.03. The Morgan fingerprint density at radius 3 is 2.38 bits per heavy atom. The summed E-state index contributed by atoms with van der Waals surface area (Å²) in [6.45, 7) is 3.83. The maximum absolute atomic E-state index is 11.0. The highest BCUT2D eigenvalue weighted by Crippen LogP contribution is 2.14. The zero-order chi connectivity index (χ0) is 11.6. The van der Waals surface area contributed by atoms with E-state index in [0.29, 0.717) is 5.82 Å². The molecule has 1 aromatic heterocycles. The summed E-state index contributed by atoms with van der Waals surface area (Å²) in [7, 11) is -3.14. The lowest BCUT2D eigenvalue weighted by molar-refractivity contribution is 0.356. The van der Waals surface area contributed by atoms with Crippen molar-refractivity contribution >= 4 is 22.2 Å². The molecule has 1 unspecified atom stereocenters. The lowest BCUT2D eigenvalue weighted by atomic mass is 10.2. The fraction of sp³-hybridized carbons (Fsp3) is 0.750. The van der Waals surface area contributed by atoms with Crippen molar-refractivity contribution in [1.29, 1.82) is 0 Å². The SMILES string of the molecule is CC(C)c1noc(C(N)CS(C)(=O)=O)n1.Cl. The first kappa shape index (κ1) is 15.3. The summed E-state index contributed by atoms with van der Waals surface area (Å²) in [6, 6.07) is -0.750. The summed E-state index contributed by atoms with van der Waals surface area (Å²) in [5.41, 5.74) is 5.62. The first-order valence-electron chi connectivity index (χ1n) is 4.56. The summed E-state index contributed by atoms with van der Waals surface area (Å²) < 4.78 is 26.9. The molecular formula is C8H16ClN3O3S. The van der Waals surface area contributed by atoms with E-state index in [2.05, 4.69) is 10.1 Å². The fourth-order valence-electron chi connectivity index (χ4n) is 1.03. The van der Waals surface area contributed by atoms with Crippen molar-refractivity contribution in [2.24, 2.45) is 5.73 Å². The maximum atomic E-state index is 11.0. The highest BCUT2D eigenvalue weighted by Gasteiger charge is 2.20. The Balaban J connectivity index is 0.00000225. The van der Waals surface area contributed by atoms with E-state index in [0.717, 1.165) is 6.26 Å². The van der Waals surface area contributed by atoms with Crippen LogP contribution in [0.4, 0.5) is 0 Å². The third kappa shape index (κ3) is 4.46. The van der Waals surface area contributed by atoms with E-state index in [1.807, 2.05) is 13.8 Å². The van der Waals surface area contributed by atoms with Gasteiger partial charge in [0.2, 0.25) is 5.89 Å². The Hall–Kier alpha value is -0.660. The number of aromatic nitrogens is 2.